The molecule has 2 unspecified atom stereocenters. The highest BCUT2D eigenvalue weighted by Gasteiger charge is 2.32. The van der Waals surface area contributed by atoms with E-state index >= 15 is 0 Å². The Morgan fingerprint density at radius 2 is 0.615 bits per heavy atom. The van der Waals surface area contributed by atoms with Crippen molar-refractivity contribution in [2.24, 2.45) is 11.5 Å². The maximum absolute atomic E-state index is 13.5. The van der Waals surface area contributed by atoms with Crippen LogP contribution >= 0.6 is 81.2 Å². The van der Waals surface area contributed by atoms with Crippen molar-refractivity contribution in [3.63, 3.8) is 0 Å². The number of aliphatic hydroxyl groups is 2. The van der Waals surface area contributed by atoms with Crippen molar-refractivity contribution in [2.75, 3.05) is 59.4 Å². The molecule has 0 spiro atoms. The van der Waals surface area contributed by atoms with Crippen molar-refractivity contribution in [1.29, 1.82) is 0 Å². The Labute approximate surface area is 715 Å². The van der Waals surface area contributed by atoms with Gasteiger partial charge in [-0.05, 0) is 281 Å². The molecule has 0 aliphatic rings. The summed E-state index contributed by atoms with van der Waals surface area (Å²) in [6.45, 7) is 29.2. The molecule has 13 nitrogen and oxygen atoms in total. The molecule has 0 radical (unpaired) electrons. The number of allylic oxidation sites excluding steroid dienone is 1. The number of rotatable bonds is 27. The second-order valence-corrected chi connectivity index (χ2v) is 33.5. The molecule has 0 bridgehead atoms. The fourth-order valence-electron chi connectivity index (χ4n) is 11.3. The maximum Gasteiger partial charge on any atom is 0.141 e. The summed E-state index contributed by atoms with van der Waals surface area (Å²) in [4.78, 5) is 22.1. The summed E-state index contributed by atoms with van der Waals surface area (Å²) in [6.07, 6.45) is 0.478. The molecular weight excluding hydrogens is 1660 g/mol. The van der Waals surface area contributed by atoms with Gasteiger partial charge in [0.05, 0.1) is 70.7 Å². The Bertz CT molecular complexity index is 4920. The summed E-state index contributed by atoms with van der Waals surface area (Å²) in [6, 6.07) is 40.2. The second kappa shape index (κ2) is 42.7. The molecule has 5 heterocycles. The molecule has 10 rings (SSSR count). The van der Waals surface area contributed by atoms with E-state index in [2.05, 4.69) is 52.8 Å². The van der Waals surface area contributed by atoms with E-state index in [1.165, 1.54) is 54.6 Å². The number of nitrogens with one attached hydrogen (secondary N) is 4. The number of hydrogen-bond donors (Lipinski definition) is 8. The number of nitrogens with two attached hydrogens (primary N) is 2. The first-order valence-electron chi connectivity index (χ1n) is 37.1. The first-order valence-corrected chi connectivity index (χ1v) is 39.8. The Kier molecular flexibility index (Phi) is 36.0. The van der Waals surface area contributed by atoms with Gasteiger partial charge in [0.25, 0.3) is 0 Å². The number of nitrogens with zero attached hydrogens (tertiary/aromatic N) is 5. The molecule has 0 aliphatic carbocycles. The van der Waals surface area contributed by atoms with Crippen LogP contribution in [0.15, 0.2) is 158 Å². The summed E-state index contributed by atoms with van der Waals surface area (Å²) >= 11 is 41.4. The van der Waals surface area contributed by atoms with E-state index in [1.54, 1.807) is 68.4 Å². The molecule has 0 aliphatic heterocycles. The molecule has 5 aromatic heterocycles. The van der Waals surface area contributed by atoms with Gasteiger partial charge in [-0.1, -0.05) is 94.7 Å². The first-order chi connectivity index (χ1) is 54.5. The highest BCUT2D eigenvalue weighted by molar-refractivity contribution is 6.32. The van der Waals surface area contributed by atoms with Gasteiger partial charge in [-0.25, -0.2) is 64.4 Å². The van der Waals surface area contributed by atoms with Gasteiger partial charge < -0.3 is 42.9 Å². The van der Waals surface area contributed by atoms with Gasteiger partial charge in [0, 0.05) is 88.2 Å². The van der Waals surface area contributed by atoms with E-state index in [4.69, 9.17) is 92.7 Å². The van der Waals surface area contributed by atoms with Crippen molar-refractivity contribution in [3.8, 4) is 56.3 Å². The van der Waals surface area contributed by atoms with E-state index in [9.17, 15) is 49.7 Å². The first kappa shape index (κ1) is 98.5. The fraction of sp³-hybridized carbons (Fsp3) is 0.352. The van der Waals surface area contributed by atoms with Gasteiger partial charge in [0.1, 0.15) is 77.3 Å². The van der Waals surface area contributed by atoms with Crippen LogP contribution in [0.3, 0.4) is 0 Å². The minimum atomic E-state index is -1.34. The molecule has 0 amide bonds. The molecular formula is C88H99Cl7F9N11O2. The van der Waals surface area contributed by atoms with Crippen LogP contribution in [0.2, 0.25) is 35.4 Å². The highest BCUT2D eigenvalue weighted by atomic mass is 35.5. The molecule has 2 atom stereocenters. The zero-order chi connectivity index (χ0) is 87.5. The minimum absolute atomic E-state index is 0.00770. The molecule has 630 valence electrons. The zero-order valence-electron chi connectivity index (χ0n) is 67.5. The van der Waals surface area contributed by atoms with Gasteiger partial charge in [-0.3, -0.25) is 0 Å². The van der Waals surface area contributed by atoms with Crippen LogP contribution in [-0.4, -0.2) is 94.6 Å². The molecule has 10 N–H and O–H groups in total. The van der Waals surface area contributed by atoms with Crippen molar-refractivity contribution < 1.29 is 49.7 Å². The molecule has 29 heteroatoms. The molecule has 5 aromatic carbocycles. The third-order valence-electron chi connectivity index (χ3n) is 19.0. The summed E-state index contributed by atoms with van der Waals surface area (Å²) in [5, 5.41) is 34.6. The number of alkyl halides is 4. The van der Waals surface area contributed by atoms with Crippen LogP contribution in [-0.2, 0) is 38.9 Å². The van der Waals surface area contributed by atoms with Crippen LogP contribution in [0.4, 0.5) is 39.5 Å². The maximum atomic E-state index is 13.5. The smallest absolute Gasteiger partial charge is 0.141 e. The third kappa shape index (κ3) is 28.1. The summed E-state index contributed by atoms with van der Waals surface area (Å²) in [5.74, 6) is -2.45. The largest absolute Gasteiger partial charge is 0.384 e. The van der Waals surface area contributed by atoms with Gasteiger partial charge in [-0.15, -0.1) is 0 Å². The number of halogens is 16. The fourth-order valence-corrected chi connectivity index (χ4v) is 12.6. The van der Waals surface area contributed by atoms with Gasteiger partial charge in [0.15, 0.2) is 0 Å². The molecule has 0 fully saturated rings. The van der Waals surface area contributed by atoms with Crippen LogP contribution in [0.1, 0.15) is 148 Å². The number of pyridine rings is 5. The van der Waals surface area contributed by atoms with Crippen LogP contribution in [0.25, 0.3) is 61.9 Å². The van der Waals surface area contributed by atoms with E-state index in [-0.39, 0.29) is 57.8 Å². The Morgan fingerprint density at radius 1 is 0.368 bits per heavy atom. The topological polar surface area (TPSA) is 205 Å². The third-order valence-corrected chi connectivity index (χ3v) is 20.9. The predicted octanol–water partition coefficient (Wildman–Crippen LogP) is 23.2. The average molecular weight is 1760 g/mol. The standard InChI is InChI=1S/C20H25ClF2N2O.C19H24ClF2N3O.C19H21ClF2N2.C16H16Cl2F2N2.C14H13Cl2FN2/c1-5-20(4,26)18-12-14(19(2,3)24-9-8-22)11-17(25-18)13-6-7-16(23)15(21)10-13;1-18(2,24-7-6-21)13-9-16(12-4-5-15(22)14(20)8-12)25-17(10-13)19(3,26)11-23;1-12(2)17-10-14(19(3,4)23-8-7-21)11-18(24-17)13-5-6-16(22)15(20)9-13;1-16(2,21-6-5-19)11-8-14(22-15(18)9-11)10-3-4-13(20)12(17)7-10;1-14(2,18)9-6-12(19-13(16)7-9)8-3-4-11(17)10(15)5-8/h6-7,10-12,24,26H,5,8-9H2,1-4H3;4-5,8-10,24,26H,6-7,11,23H2,1-3H3;5-6,9-11,23H,1,7-8H2,2-4H3;3-4,7-9,21H,5-6H2,1-2H3;3-7H,18H2,1-2H3. The van der Waals surface area contributed by atoms with Crippen molar-refractivity contribution in [3.05, 3.63) is 268 Å². The predicted molar refractivity (Wildman–Crippen MR) is 462 cm³/mol. The van der Waals surface area contributed by atoms with Crippen LogP contribution in [0, 0.1) is 29.1 Å². The number of benzene rings is 5. The number of aromatic nitrogens is 5. The Balaban J connectivity index is 0.000000228. The quantitative estimate of drug-likeness (QED) is 0.0178. The minimum Gasteiger partial charge on any atom is -0.384 e. The van der Waals surface area contributed by atoms with Crippen molar-refractivity contribution >= 4 is 86.8 Å². The monoisotopic (exact) mass is 1760 g/mol. The summed E-state index contributed by atoms with van der Waals surface area (Å²) < 4.78 is 117. The second-order valence-electron chi connectivity index (χ2n) is 30.7. The summed E-state index contributed by atoms with van der Waals surface area (Å²) in [5.41, 5.74) is 19.7. The van der Waals surface area contributed by atoms with Gasteiger partial charge in [-0.2, -0.15) is 0 Å². The van der Waals surface area contributed by atoms with Crippen molar-refractivity contribution in [2.45, 2.75) is 142 Å². The lowest BCUT2D eigenvalue weighted by Gasteiger charge is -2.30. The number of hydrogen-bond acceptors (Lipinski definition) is 13. The molecule has 0 saturated heterocycles. The molecule has 0 saturated carbocycles. The average Bonchev–Trinajstić information content (AvgIpc) is 0.782. The van der Waals surface area contributed by atoms with Crippen LogP contribution < -0.4 is 32.7 Å². The van der Waals surface area contributed by atoms with Crippen LogP contribution in [0.5, 0.6) is 0 Å². The summed E-state index contributed by atoms with van der Waals surface area (Å²) in [7, 11) is 0. The van der Waals surface area contributed by atoms with Gasteiger partial charge in [0.2, 0.25) is 0 Å². The van der Waals surface area contributed by atoms with Gasteiger partial charge >= 0.3 is 0 Å². The normalized spacial score (nSPS) is 12.8. The van der Waals surface area contributed by atoms with E-state index in [0.29, 0.717) is 84.4 Å². The van der Waals surface area contributed by atoms with E-state index in [0.717, 1.165) is 39.1 Å². The Hall–Kier alpha value is -7.33. The van der Waals surface area contributed by atoms with E-state index < -0.39 is 94.7 Å². The highest BCUT2D eigenvalue weighted by Crippen LogP contribution is 2.38. The molecule has 10 aromatic rings. The van der Waals surface area contributed by atoms with Crippen molar-refractivity contribution in [1.82, 2.24) is 46.2 Å². The molecule has 117 heavy (non-hydrogen) atoms. The lowest BCUT2D eigenvalue weighted by atomic mass is 9.89. The van der Waals surface area contributed by atoms with E-state index in [1.807, 2.05) is 126 Å². The SMILES string of the molecule is C=C(C)c1cc(C(C)(C)NCCF)cc(-c2ccc(F)c(Cl)c2)n1.CC(C)(N)c1cc(Cl)nc(-c2ccc(F)c(Cl)c2)c1.CC(C)(NCCF)c1cc(Cl)nc(-c2ccc(F)c(Cl)c2)c1.CC(O)(CN)c1cc(C(C)(C)NCCF)cc(-c2ccc(F)c(Cl)c2)n1.CCC(C)(O)c1cc(C(C)(C)NCCF)cc(-c2ccc(F)c(Cl)c2)n1. The Morgan fingerprint density at radius 3 is 0.872 bits per heavy atom. The lowest BCUT2D eigenvalue weighted by molar-refractivity contribution is 0.0484. The zero-order valence-corrected chi connectivity index (χ0v) is 72.8. The lowest BCUT2D eigenvalue weighted by Crippen LogP contribution is -2.39.